The van der Waals surface area contributed by atoms with Crippen LogP contribution in [-0.4, -0.2) is 31.4 Å². The summed E-state index contributed by atoms with van der Waals surface area (Å²) in [5, 5.41) is 7.68. The van der Waals surface area contributed by atoms with E-state index in [2.05, 4.69) is 20.4 Å². The third kappa shape index (κ3) is 4.64. The van der Waals surface area contributed by atoms with E-state index in [0.29, 0.717) is 16.1 Å². The highest BCUT2D eigenvalue weighted by Crippen LogP contribution is 2.36. The molecule has 4 rings (SSSR count). The maximum Gasteiger partial charge on any atom is 0.418 e. The minimum Gasteiger partial charge on any atom is -0.325 e. The molecule has 4 aromatic rings. The Labute approximate surface area is 183 Å². The number of benzene rings is 2. The summed E-state index contributed by atoms with van der Waals surface area (Å²) < 4.78 is 41.3. The second-order valence-corrected chi connectivity index (χ2v) is 7.73. The van der Waals surface area contributed by atoms with Crippen molar-refractivity contribution in [1.82, 2.24) is 19.7 Å². The van der Waals surface area contributed by atoms with Gasteiger partial charge < -0.3 is 5.32 Å². The molecule has 158 valence electrons. The number of halogens is 4. The number of rotatable bonds is 5. The lowest BCUT2D eigenvalue weighted by atomic mass is 10.1. The van der Waals surface area contributed by atoms with E-state index in [1.165, 1.54) is 12.4 Å². The Bertz CT molecular complexity index is 1250. The van der Waals surface area contributed by atoms with Crippen molar-refractivity contribution in [3.8, 4) is 5.69 Å². The molecule has 0 saturated carbocycles. The Morgan fingerprint density at radius 1 is 1.13 bits per heavy atom. The number of anilines is 1. The van der Waals surface area contributed by atoms with Crippen LogP contribution < -0.4 is 5.32 Å². The molecule has 0 aliphatic rings. The molecular formula is C20H13ClF3N5OS. The maximum absolute atomic E-state index is 13.2. The summed E-state index contributed by atoms with van der Waals surface area (Å²) in [6.07, 6.45) is -1.71. The molecular weight excluding hydrogens is 451 g/mol. The van der Waals surface area contributed by atoms with Crippen LogP contribution in [0.5, 0.6) is 0 Å². The van der Waals surface area contributed by atoms with Gasteiger partial charge in [-0.1, -0.05) is 41.6 Å². The van der Waals surface area contributed by atoms with Crippen molar-refractivity contribution in [3.63, 3.8) is 0 Å². The maximum atomic E-state index is 13.2. The molecule has 2 aromatic carbocycles. The van der Waals surface area contributed by atoms with Crippen molar-refractivity contribution in [2.45, 2.75) is 11.2 Å². The first kappa shape index (κ1) is 21.1. The molecule has 11 heteroatoms. The Balaban J connectivity index is 1.52. The standard InChI is InChI=1S/C20H13ClF3N5OS/c21-12-6-7-16(15(8-12)20(22,23)24)28-17(30)10-31-19-14-9-27-29(18(14)25-11-26-19)13-4-2-1-3-5-13/h1-9,11H,10H2,(H,28,30). The number of carbonyl (C=O) groups is 1. The lowest BCUT2D eigenvalue weighted by molar-refractivity contribution is -0.137. The number of para-hydroxylation sites is 1. The van der Waals surface area contributed by atoms with Crippen LogP contribution >= 0.6 is 23.4 Å². The lowest BCUT2D eigenvalue weighted by Crippen LogP contribution is -2.18. The van der Waals surface area contributed by atoms with Crippen LogP contribution in [0, 0.1) is 0 Å². The van der Waals surface area contributed by atoms with Crippen LogP contribution in [0.15, 0.2) is 66.1 Å². The fourth-order valence-corrected chi connectivity index (χ4v) is 3.81. The highest BCUT2D eigenvalue weighted by molar-refractivity contribution is 8.00. The third-order valence-electron chi connectivity index (χ3n) is 4.23. The van der Waals surface area contributed by atoms with E-state index in [9.17, 15) is 18.0 Å². The van der Waals surface area contributed by atoms with Crippen LogP contribution in [0.1, 0.15) is 5.56 Å². The number of carbonyl (C=O) groups excluding carboxylic acids is 1. The zero-order valence-corrected chi connectivity index (χ0v) is 17.2. The van der Waals surface area contributed by atoms with Gasteiger partial charge in [0, 0.05) is 5.02 Å². The van der Waals surface area contributed by atoms with Crippen LogP contribution in [0.4, 0.5) is 18.9 Å². The van der Waals surface area contributed by atoms with Crippen molar-refractivity contribution < 1.29 is 18.0 Å². The molecule has 1 N–H and O–H groups in total. The van der Waals surface area contributed by atoms with Crippen molar-refractivity contribution in [1.29, 1.82) is 0 Å². The second-order valence-electron chi connectivity index (χ2n) is 6.33. The Kier molecular flexibility index (Phi) is 5.84. The van der Waals surface area contributed by atoms with Crippen molar-refractivity contribution >= 4 is 46.0 Å². The number of nitrogens with one attached hydrogen (secondary N) is 1. The molecule has 0 saturated heterocycles. The highest BCUT2D eigenvalue weighted by Gasteiger charge is 2.34. The molecule has 31 heavy (non-hydrogen) atoms. The number of thioether (sulfide) groups is 1. The number of alkyl halides is 3. The van der Waals surface area contributed by atoms with Crippen LogP contribution in [0.25, 0.3) is 16.7 Å². The van der Waals surface area contributed by atoms with Gasteiger partial charge in [0.2, 0.25) is 5.91 Å². The summed E-state index contributed by atoms with van der Waals surface area (Å²) in [5.41, 5.74) is 0.00706. The summed E-state index contributed by atoms with van der Waals surface area (Å²) >= 11 is 6.74. The van der Waals surface area contributed by atoms with E-state index in [1.807, 2.05) is 30.3 Å². The van der Waals surface area contributed by atoms with Gasteiger partial charge in [-0.25, -0.2) is 14.6 Å². The van der Waals surface area contributed by atoms with E-state index in [1.54, 1.807) is 10.9 Å². The third-order valence-corrected chi connectivity index (χ3v) is 5.47. The molecule has 2 heterocycles. The topological polar surface area (TPSA) is 72.7 Å². The van der Waals surface area contributed by atoms with Gasteiger partial charge in [0.1, 0.15) is 11.4 Å². The number of nitrogens with zero attached hydrogens (tertiary/aromatic N) is 4. The van der Waals surface area contributed by atoms with E-state index in [0.717, 1.165) is 29.6 Å². The summed E-state index contributed by atoms with van der Waals surface area (Å²) in [4.78, 5) is 20.8. The number of fused-ring (bicyclic) bond motifs is 1. The molecule has 6 nitrogen and oxygen atoms in total. The van der Waals surface area contributed by atoms with Gasteiger partial charge in [0.25, 0.3) is 0 Å². The second kappa shape index (κ2) is 8.56. The molecule has 0 bridgehead atoms. The van der Waals surface area contributed by atoms with E-state index < -0.39 is 17.6 Å². The predicted molar refractivity (Wildman–Crippen MR) is 112 cm³/mol. The predicted octanol–water partition coefficient (Wildman–Crippen LogP) is 5.22. The van der Waals surface area contributed by atoms with Crippen molar-refractivity contribution in [3.05, 3.63) is 71.6 Å². The molecule has 0 unspecified atom stereocenters. The first-order chi connectivity index (χ1) is 14.8. The Morgan fingerprint density at radius 2 is 1.90 bits per heavy atom. The molecule has 0 radical (unpaired) electrons. The fourth-order valence-electron chi connectivity index (χ4n) is 2.88. The molecule has 0 aliphatic heterocycles. The molecule has 0 atom stereocenters. The number of amides is 1. The number of hydrogen-bond donors (Lipinski definition) is 1. The fraction of sp³-hybridized carbons (Fsp3) is 0.100. The monoisotopic (exact) mass is 463 g/mol. The van der Waals surface area contributed by atoms with Gasteiger partial charge in [-0.15, -0.1) is 0 Å². The van der Waals surface area contributed by atoms with Crippen LogP contribution in [-0.2, 0) is 11.0 Å². The zero-order valence-electron chi connectivity index (χ0n) is 15.6. The largest absolute Gasteiger partial charge is 0.418 e. The molecule has 0 fully saturated rings. The number of aromatic nitrogens is 4. The van der Waals surface area contributed by atoms with E-state index in [4.69, 9.17) is 11.6 Å². The molecule has 1 amide bonds. The molecule has 0 spiro atoms. The van der Waals surface area contributed by atoms with Gasteiger partial charge in [0.15, 0.2) is 5.65 Å². The minimum absolute atomic E-state index is 0.0708. The van der Waals surface area contributed by atoms with Gasteiger partial charge >= 0.3 is 6.18 Å². The average molecular weight is 464 g/mol. The van der Waals surface area contributed by atoms with Gasteiger partial charge in [-0.05, 0) is 30.3 Å². The van der Waals surface area contributed by atoms with Gasteiger partial charge in [0.05, 0.1) is 34.3 Å². The summed E-state index contributed by atoms with van der Waals surface area (Å²) in [5.74, 6) is -0.761. The zero-order chi connectivity index (χ0) is 22.0. The van der Waals surface area contributed by atoms with Crippen molar-refractivity contribution in [2.24, 2.45) is 0 Å². The van der Waals surface area contributed by atoms with Crippen LogP contribution in [0.2, 0.25) is 5.02 Å². The SMILES string of the molecule is O=C(CSc1ncnc2c1cnn2-c1ccccc1)Nc1ccc(Cl)cc1C(F)(F)F. The molecule has 2 aromatic heterocycles. The van der Waals surface area contributed by atoms with E-state index >= 15 is 0 Å². The summed E-state index contributed by atoms with van der Waals surface area (Å²) in [6, 6.07) is 12.6. The van der Waals surface area contributed by atoms with Crippen LogP contribution in [0.3, 0.4) is 0 Å². The van der Waals surface area contributed by atoms with Gasteiger partial charge in [-0.3, -0.25) is 4.79 Å². The molecule has 0 aliphatic carbocycles. The first-order valence-electron chi connectivity index (χ1n) is 8.86. The number of hydrogen-bond acceptors (Lipinski definition) is 5. The average Bonchev–Trinajstić information content (AvgIpc) is 3.18. The smallest absolute Gasteiger partial charge is 0.325 e. The van der Waals surface area contributed by atoms with Crippen molar-refractivity contribution in [2.75, 3.05) is 11.1 Å². The normalized spacial score (nSPS) is 11.6. The summed E-state index contributed by atoms with van der Waals surface area (Å²) in [7, 11) is 0. The van der Waals surface area contributed by atoms with Gasteiger partial charge in [-0.2, -0.15) is 18.3 Å². The summed E-state index contributed by atoms with van der Waals surface area (Å²) in [6.45, 7) is 0. The lowest BCUT2D eigenvalue weighted by Gasteiger charge is -2.14. The Morgan fingerprint density at radius 3 is 2.65 bits per heavy atom. The minimum atomic E-state index is -4.65. The highest BCUT2D eigenvalue weighted by atomic mass is 35.5. The quantitative estimate of drug-likeness (QED) is 0.324. The van der Waals surface area contributed by atoms with E-state index in [-0.39, 0.29) is 16.5 Å². The Hall–Kier alpha value is -3.11. The first-order valence-corrected chi connectivity index (χ1v) is 10.2.